The van der Waals surface area contributed by atoms with Crippen LogP contribution in [0.2, 0.25) is 0 Å². The first-order valence-corrected chi connectivity index (χ1v) is 14.2. The fourth-order valence-corrected chi connectivity index (χ4v) is 4.92. The standard InChI is InChI=1S/C40H31N3/c1-29(30-17-19-34(20-18-30)31-11-5-2-6-12-31)42-40(38-27-23-36(24-28-38)33-15-9-4-10-16-33)43-39(41)37-25-21-35(22-26-37)32-13-7-3-8-14-32/h2-28H,1H2,(H2,41,42,43). The van der Waals surface area contributed by atoms with Gasteiger partial charge in [-0.15, -0.1) is 0 Å². The van der Waals surface area contributed by atoms with E-state index in [1.54, 1.807) is 0 Å². The van der Waals surface area contributed by atoms with Crippen molar-refractivity contribution in [2.45, 2.75) is 0 Å². The van der Waals surface area contributed by atoms with E-state index in [0.29, 0.717) is 17.4 Å². The molecule has 0 saturated carbocycles. The van der Waals surface area contributed by atoms with Gasteiger partial charge in [-0.1, -0.05) is 170 Å². The summed E-state index contributed by atoms with van der Waals surface area (Å²) in [6, 6.07) is 55.5. The molecule has 0 amide bonds. The van der Waals surface area contributed by atoms with Gasteiger partial charge in [-0.05, 0) is 38.9 Å². The first kappa shape index (κ1) is 27.4. The third-order valence-corrected chi connectivity index (χ3v) is 7.33. The Bertz CT molecular complexity index is 1870. The molecule has 0 heterocycles. The van der Waals surface area contributed by atoms with Crippen LogP contribution in [0.25, 0.3) is 39.1 Å². The zero-order valence-corrected chi connectivity index (χ0v) is 23.8. The minimum atomic E-state index is 0.387. The quantitative estimate of drug-likeness (QED) is 0.155. The molecule has 3 nitrogen and oxygen atoms in total. The highest BCUT2D eigenvalue weighted by atomic mass is 15.0. The zero-order chi connectivity index (χ0) is 29.4. The molecular formula is C40H31N3. The summed E-state index contributed by atoms with van der Waals surface area (Å²) in [5.74, 6) is 0.888. The van der Waals surface area contributed by atoms with Gasteiger partial charge in [-0.3, -0.25) is 0 Å². The third kappa shape index (κ3) is 6.58. The van der Waals surface area contributed by atoms with Gasteiger partial charge >= 0.3 is 0 Å². The Hall–Kier alpha value is -5.80. The van der Waals surface area contributed by atoms with Gasteiger partial charge in [0.05, 0.1) is 5.70 Å². The molecule has 206 valence electrons. The molecule has 0 aliphatic heterocycles. The van der Waals surface area contributed by atoms with Crippen molar-refractivity contribution in [3.8, 4) is 33.4 Å². The van der Waals surface area contributed by atoms with E-state index >= 15 is 0 Å². The van der Waals surface area contributed by atoms with Gasteiger partial charge < -0.3 is 5.73 Å². The Morgan fingerprint density at radius 2 is 0.698 bits per heavy atom. The van der Waals surface area contributed by atoms with Gasteiger partial charge in [0.1, 0.15) is 5.84 Å². The highest BCUT2D eigenvalue weighted by molar-refractivity contribution is 6.12. The van der Waals surface area contributed by atoms with E-state index < -0.39 is 0 Å². The third-order valence-electron chi connectivity index (χ3n) is 7.33. The summed E-state index contributed by atoms with van der Waals surface area (Å²) in [5, 5.41) is 0. The van der Waals surface area contributed by atoms with Gasteiger partial charge in [-0.25, -0.2) is 9.98 Å². The highest BCUT2D eigenvalue weighted by Crippen LogP contribution is 2.25. The smallest absolute Gasteiger partial charge is 0.162 e. The maximum Gasteiger partial charge on any atom is 0.162 e. The Morgan fingerprint density at radius 1 is 0.372 bits per heavy atom. The Labute approximate surface area is 253 Å². The van der Waals surface area contributed by atoms with E-state index in [1.165, 1.54) is 0 Å². The summed E-state index contributed by atoms with van der Waals surface area (Å²) >= 11 is 0. The Balaban J connectivity index is 1.33. The van der Waals surface area contributed by atoms with Gasteiger partial charge in [-0.2, -0.15) is 0 Å². The van der Waals surface area contributed by atoms with Crippen molar-refractivity contribution in [2.24, 2.45) is 15.7 Å². The molecule has 6 rings (SSSR count). The molecule has 0 radical (unpaired) electrons. The molecular weight excluding hydrogens is 522 g/mol. The van der Waals surface area contributed by atoms with Crippen molar-refractivity contribution >= 4 is 17.4 Å². The first-order chi connectivity index (χ1) is 21.1. The maximum atomic E-state index is 6.58. The van der Waals surface area contributed by atoms with Crippen molar-refractivity contribution in [1.29, 1.82) is 0 Å². The lowest BCUT2D eigenvalue weighted by Gasteiger charge is -2.09. The van der Waals surface area contributed by atoms with Crippen molar-refractivity contribution in [2.75, 3.05) is 0 Å². The highest BCUT2D eigenvalue weighted by Gasteiger charge is 2.09. The van der Waals surface area contributed by atoms with E-state index in [2.05, 4.69) is 79.4 Å². The van der Waals surface area contributed by atoms with Gasteiger partial charge in [0, 0.05) is 11.1 Å². The molecule has 0 bridgehead atoms. The van der Waals surface area contributed by atoms with Crippen LogP contribution in [0.4, 0.5) is 0 Å². The zero-order valence-electron chi connectivity index (χ0n) is 23.8. The molecule has 0 spiro atoms. The molecule has 6 aromatic carbocycles. The Morgan fingerprint density at radius 3 is 1.09 bits per heavy atom. The van der Waals surface area contributed by atoms with Crippen molar-refractivity contribution in [1.82, 2.24) is 0 Å². The molecule has 2 N–H and O–H groups in total. The number of benzene rings is 6. The van der Waals surface area contributed by atoms with Crippen molar-refractivity contribution in [3.63, 3.8) is 0 Å². The molecule has 0 fully saturated rings. The largest absolute Gasteiger partial charge is 0.383 e. The van der Waals surface area contributed by atoms with Crippen LogP contribution in [0.1, 0.15) is 16.7 Å². The molecule has 43 heavy (non-hydrogen) atoms. The fraction of sp³-hybridized carbons (Fsp3) is 0. The van der Waals surface area contributed by atoms with Gasteiger partial charge in [0.2, 0.25) is 0 Å². The second-order valence-electron chi connectivity index (χ2n) is 10.2. The second-order valence-corrected chi connectivity index (χ2v) is 10.2. The Kier molecular flexibility index (Phi) is 8.15. The first-order valence-electron chi connectivity index (χ1n) is 14.2. The monoisotopic (exact) mass is 553 g/mol. The molecule has 0 saturated heterocycles. The lowest BCUT2D eigenvalue weighted by atomic mass is 10.0. The normalized spacial score (nSPS) is 11.7. The molecule has 0 atom stereocenters. The van der Waals surface area contributed by atoms with Crippen LogP contribution in [0, 0.1) is 0 Å². The van der Waals surface area contributed by atoms with E-state index in [-0.39, 0.29) is 0 Å². The number of aliphatic imine (C=N–C) groups is 2. The van der Waals surface area contributed by atoms with Crippen LogP contribution < -0.4 is 5.73 Å². The van der Waals surface area contributed by atoms with E-state index in [4.69, 9.17) is 15.7 Å². The van der Waals surface area contributed by atoms with Crippen LogP contribution in [0.15, 0.2) is 180 Å². The molecule has 0 unspecified atom stereocenters. The maximum absolute atomic E-state index is 6.58. The summed E-state index contributed by atoms with van der Waals surface area (Å²) in [4.78, 5) is 9.74. The number of nitrogens with two attached hydrogens (primary N) is 1. The molecule has 3 heteroatoms. The number of hydrogen-bond donors (Lipinski definition) is 1. The minimum Gasteiger partial charge on any atom is -0.383 e. The topological polar surface area (TPSA) is 50.7 Å². The molecule has 0 aliphatic carbocycles. The average molecular weight is 554 g/mol. The molecule has 6 aromatic rings. The molecule has 0 aliphatic rings. The predicted octanol–water partition coefficient (Wildman–Crippen LogP) is 9.51. The summed E-state index contributed by atoms with van der Waals surface area (Å²) in [6.45, 7) is 4.29. The number of rotatable bonds is 7. The summed E-state index contributed by atoms with van der Waals surface area (Å²) in [5.41, 5.74) is 16.6. The summed E-state index contributed by atoms with van der Waals surface area (Å²) in [6.07, 6.45) is 0. The van der Waals surface area contributed by atoms with Gasteiger partial charge in [0.15, 0.2) is 5.84 Å². The molecule has 0 aromatic heterocycles. The van der Waals surface area contributed by atoms with Crippen LogP contribution >= 0.6 is 0 Å². The predicted molar refractivity (Wildman–Crippen MR) is 182 cm³/mol. The number of nitrogens with zero attached hydrogens (tertiary/aromatic N) is 2. The number of hydrogen-bond acceptors (Lipinski definition) is 1. The second kappa shape index (κ2) is 12.8. The lowest BCUT2D eigenvalue weighted by Crippen LogP contribution is -2.16. The SMILES string of the molecule is C=C(/N=C(\N=C(/N)c1ccc(-c2ccccc2)cc1)c1ccc(-c2ccccc2)cc1)c1ccc(-c2ccccc2)cc1. The number of amidine groups is 2. The van der Waals surface area contributed by atoms with E-state index in [9.17, 15) is 0 Å². The fourth-order valence-electron chi connectivity index (χ4n) is 4.92. The van der Waals surface area contributed by atoms with Gasteiger partial charge in [0.25, 0.3) is 0 Å². The summed E-state index contributed by atoms with van der Waals surface area (Å²) in [7, 11) is 0. The lowest BCUT2D eigenvalue weighted by molar-refractivity contribution is 1.43. The van der Waals surface area contributed by atoms with Crippen molar-refractivity contribution < 1.29 is 0 Å². The van der Waals surface area contributed by atoms with Crippen LogP contribution in [-0.4, -0.2) is 11.7 Å². The van der Waals surface area contributed by atoms with Crippen LogP contribution in [-0.2, 0) is 0 Å². The minimum absolute atomic E-state index is 0.387. The van der Waals surface area contributed by atoms with Crippen molar-refractivity contribution in [3.05, 3.63) is 187 Å². The van der Waals surface area contributed by atoms with Crippen LogP contribution in [0.3, 0.4) is 0 Å². The van der Waals surface area contributed by atoms with E-state index in [0.717, 1.165) is 50.1 Å². The van der Waals surface area contributed by atoms with E-state index in [1.807, 2.05) is 91.0 Å². The average Bonchev–Trinajstić information content (AvgIpc) is 3.09. The summed E-state index contributed by atoms with van der Waals surface area (Å²) < 4.78 is 0. The van der Waals surface area contributed by atoms with Crippen LogP contribution in [0.5, 0.6) is 0 Å².